The Labute approximate surface area is 97.5 Å². The van der Waals surface area contributed by atoms with Crippen LogP contribution in [0.2, 0.25) is 0 Å². The molecule has 0 aliphatic heterocycles. The van der Waals surface area contributed by atoms with E-state index in [0.717, 1.165) is 5.56 Å². The van der Waals surface area contributed by atoms with Crippen molar-refractivity contribution in [2.75, 3.05) is 19.6 Å². The third kappa shape index (κ3) is 2.13. The predicted molar refractivity (Wildman–Crippen MR) is 60.6 cm³/mol. The van der Waals surface area contributed by atoms with E-state index in [4.69, 9.17) is 19.7 Å². The molecule has 7 nitrogen and oxygen atoms in total. The summed E-state index contributed by atoms with van der Waals surface area (Å²) >= 11 is 0. The minimum absolute atomic E-state index is 0.148. The van der Waals surface area contributed by atoms with Crippen molar-refractivity contribution in [2.45, 2.75) is 0 Å². The van der Waals surface area contributed by atoms with Gasteiger partial charge in [0.2, 0.25) is 5.89 Å². The predicted octanol–water partition coefficient (Wildman–Crippen LogP) is 1.04. The zero-order chi connectivity index (χ0) is 12.3. The van der Waals surface area contributed by atoms with Gasteiger partial charge in [0.25, 0.3) is 0 Å². The fourth-order valence-corrected chi connectivity index (χ4v) is 1.37. The van der Waals surface area contributed by atoms with E-state index in [0.29, 0.717) is 17.4 Å². The molecule has 0 amide bonds. The summed E-state index contributed by atoms with van der Waals surface area (Å²) in [6.07, 6.45) is 0. The van der Waals surface area contributed by atoms with Crippen molar-refractivity contribution in [3.8, 4) is 23.0 Å². The molecule has 90 valence electrons. The van der Waals surface area contributed by atoms with Crippen LogP contribution in [0.1, 0.15) is 0 Å². The number of nitrogen functional groups attached to an aromatic ring is 1. The molecule has 0 aliphatic rings. The summed E-state index contributed by atoms with van der Waals surface area (Å²) in [6.45, 7) is 0. The fraction of sp³-hybridized carbons (Fsp3) is 0.200. The molecule has 7 heteroatoms. The fourth-order valence-electron chi connectivity index (χ4n) is 1.37. The van der Waals surface area contributed by atoms with Crippen molar-refractivity contribution in [1.29, 1.82) is 0 Å². The van der Waals surface area contributed by atoms with Crippen LogP contribution in [-0.4, -0.2) is 24.4 Å². The second-order valence-electron chi connectivity index (χ2n) is 3.13. The molecule has 0 unspecified atom stereocenters. The molecule has 0 saturated carbocycles. The highest BCUT2D eigenvalue weighted by Crippen LogP contribution is 2.31. The molecule has 1 aromatic carbocycles. The molecule has 0 aliphatic carbocycles. The van der Waals surface area contributed by atoms with Crippen molar-refractivity contribution in [3.63, 3.8) is 0 Å². The van der Waals surface area contributed by atoms with Crippen LogP contribution in [-0.2, 0) is 0 Å². The normalized spacial score (nSPS) is 10.1. The number of rotatable bonds is 4. The van der Waals surface area contributed by atoms with Crippen molar-refractivity contribution >= 4 is 6.01 Å². The molecule has 0 atom stereocenters. The summed E-state index contributed by atoms with van der Waals surface area (Å²) in [5.41, 5.74) is 2.99. The maximum Gasteiger partial charge on any atom is 0.330 e. The van der Waals surface area contributed by atoms with E-state index in [1.165, 1.54) is 0 Å². The maximum absolute atomic E-state index is 5.24. The van der Waals surface area contributed by atoms with E-state index in [1.807, 2.05) is 0 Å². The Balaban J connectivity index is 2.38. The molecule has 0 bridgehead atoms. The van der Waals surface area contributed by atoms with Crippen LogP contribution in [0.25, 0.3) is 11.5 Å². The van der Waals surface area contributed by atoms with Gasteiger partial charge in [-0.1, -0.05) is 5.10 Å². The number of nitrogens with two attached hydrogens (primary N) is 1. The third-order valence-electron chi connectivity index (χ3n) is 2.18. The summed E-state index contributed by atoms with van der Waals surface area (Å²) in [6, 6.07) is 5.44. The number of hydrazine groups is 1. The SMILES string of the molecule is COc1ccc(-c2nnc(NN)o2)cc1OC. The van der Waals surface area contributed by atoms with Crippen LogP contribution < -0.4 is 20.7 Å². The summed E-state index contributed by atoms with van der Waals surface area (Å²) < 4.78 is 15.5. The van der Waals surface area contributed by atoms with E-state index in [-0.39, 0.29) is 6.01 Å². The Hall–Kier alpha value is -2.28. The molecule has 0 saturated heterocycles. The molecule has 2 aromatic rings. The Bertz CT molecular complexity index is 512. The highest BCUT2D eigenvalue weighted by Gasteiger charge is 2.11. The molecule has 0 spiro atoms. The Morgan fingerprint density at radius 1 is 1.18 bits per heavy atom. The van der Waals surface area contributed by atoms with Gasteiger partial charge in [0.1, 0.15) is 0 Å². The molecular formula is C10H12N4O3. The van der Waals surface area contributed by atoms with Crippen LogP contribution in [0, 0.1) is 0 Å². The quantitative estimate of drug-likeness (QED) is 0.604. The number of nitrogens with zero attached hydrogens (tertiary/aromatic N) is 2. The molecule has 3 N–H and O–H groups in total. The average molecular weight is 236 g/mol. The highest BCUT2D eigenvalue weighted by atomic mass is 16.5. The molecular weight excluding hydrogens is 224 g/mol. The lowest BCUT2D eigenvalue weighted by molar-refractivity contribution is 0.355. The summed E-state index contributed by atoms with van der Waals surface area (Å²) in [4.78, 5) is 0. The van der Waals surface area contributed by atoms with Gasteiger partial charge in [-0.3, -0.25) is 5.43 Å². The van der Waals surface area contributed by atoms with Crippen molar-refractivity contribution < 1.29 is 13.9 Å². The lowest BCUT2D eigenvalue weighted by Gasteiger charge is -2.07. The number of hydrogen-bond donors (Lipinski definition) is 2. The zero-order valence-corrected chi connectivity index (χ0v) is 9.43. The van der Waals surface area contributed by atoms with Gasteiger partial charge in [0.15, 0.2) is 11.5 Å². The Morgan fingerprint density at radius 3 is 2.53 bits per heavy atom. The van der Waals surface area contributed by atoms with Gasteiger partial charge in [-0.15, -0.1) is 5.10 Å². The molecule has 1 aromatic heterocycles. The third-order valence-corrected chi connectivity index (χ3v) is 2.18. The number of benzene rings is 1. The first-order valence-corrected chi connectivity index (χ1v) is 4.81. The number of hydrogen-bond acceptors (Lipinski definition) is 7. The average Bonchev–Trinajstić information content (AvgIpc) is 2.86. The van der Waals surface area contributed by atoms with E-state index in [1.54, 1.807) is 32.4 Å². The smallest absolute Gasteiger partial charge is 0.330 e. The van der Waals surface area contributed by atoms with E-state index in [2.05, 4.69) is 15.6 Å². The first-order valence-electron chi connectivity index (χ1n) is 4.81. The van der Waals surface area contributed by atoms with E-state index < -0.39 is 0 Å². The Morgan fingerprint density at radius 2 is 1.94 bits per heavy atom. The maximum atomic E-state index is 5.24. The molecule has 0 radical (unpaired) electrons. The van der Waals surface area contributed by atoms with E-state index >= 15 is 0 Å². The largest absolute Gasteiger partial charge is 0.493 e. The van der Waals surface area contributed by atoms with Gasteiger partial charge in [-0.2, -0.15) is 0 Å². The molecule has 2 rings (SSSR count). The van der Waals surface area contributed by atoms with Crippen LogP contribution in [0.5, 0.6) is 11.5 Å². The lowest BCUT2D eigenvalue weighted by atomic mass is 10.2. The van der Waals surface area contributed by atoms with Gasteiger partial charge >= 0.3 is 6.01 Å². The molecule has 0 fully saturated rings. The summed E-state index contributed by atoms with van der Waals surface area (Å²) in [7, 11) is 3.13. The number of anilines is 1. The van der Waals surface area contributed by atoms with Crippen LogP contribution in [0.15, 0.2) is 22.6 Å². The van der Waals surface area contributed by atoms with Crippen LogP contribution in [0.4, 0.5) is 6.01 Å². The number of nitrogens with one attached hydrogen (secondary N) is 1. The molecule has 1 heterocycles. The monoisotopic (exact) mass is 236 g/mol. The van der Waals surface area contributed by atoms with Crippen molar-refractivity contribution in [2.24, 2.45) is 5.84 Å². The summed E-state index contributed by atoms with van der Waals surface area (Å²) in [5, 5.41) is 7.52. The number of ether oxygens (including phenoxy) is 2. The standard InChI is InChI=1S/C10H12N4O3/c1-15-7-4-3-6(5-8(7)16-2)9-13-14-10(12-11)17-9/h3-5H,11H2,1-2H3,(H,12,14). The van der Waals surface area contributed by atoms with Gasteiger partial charge in [-0.05, 0) is 18.2 Å². The second kappa shape index (κ2) is 4.71. The zero-order valence-electron chi connectivity index (χ0n) is 9.43. The number of methoxy groups -OCH3 is 2. The van der Waals surface area contributed by atoms with Gasteiger partial charge < -0.3 is 13.9 Å². The number of aromatic nitrogens is 2. The first kappa shape index (κ1) is 11.2. The lowest BCUT2D eigenvalue weighted by Crippen LogP contribution is -2.06. The first-order chi connectivity index (χ1) is 8.28. The Kier molecular flexibility index (Phi) is 3.10. The highest BCUT2D eigenvalue weighted by molar-refractivity contribution is 5.60. The van der Waals surface area contributed by atoms with Gasteiger partial charge in [0.05, 0.1) is 14.2 Å². The van der Waals surface area contributed by atoms with Gasteiger partial charge in [0, 0.05) is 5.56 Å². The van der Waals surface area contributed by atoms with Crippen LogP contribution in [0.3, 0.4) is 0 Å². The van der Waals surface area contributed by atoms with Crippen LogP contribution >= 0.6 is 0 Å². The van der Waals surface area contributed by atoms with Crippen molar-refractivity contribution in [3.05, 3.63) is 18.2 Å². The molecule has 17 heavy (non-hydrogen) atoms. The summed E-state index contributed by atoms with van der Waals surface area (Å²) in [5.74, 6) is 6.72. The minimum atomic E-state index is 0.148. The van der Waals surface area contributed by atoms with Crippen molar-refractivity contribution in [1.82, 2.24) is 10.2 Å². The minimum Gasteiger partial charge on any atom is -0.493 e. The second-order valence-corrected chi connectivity index (χ2v) is 3.13. The van der Waals surface area contributed by atoms with Gasteiger partial charge in [-0.25, -0.2) is 5.84 Å². The topological polar surface area (TPSA) is 95.4 Å². The van der Waals surface area contributed by atoms with E-state index in [9.17, 15) is 0 Å².